The number of rotatable bonds is 2. The van der Waals surface area contributed by atoms with Gasteiger partial charge in [0.1, 0.15) is 0 Å². The number of nitrogens with one attached hydrogen (secondary N) is 1. The fourth-order valence-corrected chi connectivity index (χ4v) is 3.38. The Labute approximate surface area is 130 Å². The van der Waals surface area contributed by atoms with Crippen LogP contribution in [0.3, 0.4) is 0 Å². The summed E-state index contributed by atoms with van der Waals surface area (Å²) in [6.45, 7) is 2.11. The number of nitrogens with zero attached hydrogens (tertiary/aromatic N) is 1. The smallest absolute Gasteiger partial charge is 0.0892 e. The van der Waals surface area contributed by atoms with Crippen molar-refractivity contribution in [3.63, 3.8) is 0 Å². The zero-order chi connectivity index (χ0) is 14.9. The van der Waals surface area contributed by atoms with Crippen molar-refractivity contribution in [2.45, 2.75) is 19.3 Å². The minimum absolute atomic E-state index is 0.371. The predicted octanol–water partition coefficient (Wildman–Crippen LogP) is 4.79. The molecule has 1 N–H and O–H groups in total. The van der Waals surface area contributed by atoms with E-state index < -0.39 is 0 Å². The van der Waals surface area contributed by atoms with Gasteiger partial charge in [0.05, 0.1) is 5.69 Å². The number of allylic oxidation sites excluding steroid dienone is 1. The third-order valence-corrected chi connectivity index (χ3v) is 4.45. The Bertz CT molecular complexity index is 813. The van der Waals surface area contributed by atoms with E-state index >= 15 is 0 Å². The highest BCUT2D eigenvalue weighted by Gasteiger charge is 2.27. The summed E-state index contributed by atoms with van der Waals surface area (Å²) in [4.78, 5) is 0. The Balaban J connectivity index is 1.85. The summed E-state index contributed by atoms with van der Waals surface area (Å²) in [6.07, 6.45) is 3.25. The van der Waals surface area contributed by atoms with Crippen LogP contribution in [-0.2, 0) is 0 Å². The van der Waals surface area contributed by atoms with Crippen LogP contribution in [0.4, 0.5) is 0 Å². The molecule has 1 heterocycles. The van der Waals surface area contributed by atoms with Crippen molar-refractivity contribution in [3.05, 3.63) is 88.7 Å². The third kappa shape index (κ3) is 2.17. The Morgan fingerprint density at radius 3 is 2.36 bits per heavy atom. The number of aromatic amines is 1. The van der Waals surface area contributed by atoms with Crippen LogP contribution in [0, 0.1) is 6.92 Å². The Morgan fingerprint density at radius 1 is 0.955 bits per heavy atom. The minimum Gasteiger partial charge on any atom is -0.282 e. The van der Waals surface area contributed by atoms with Crippen molar-refractivity contribution < 1.29 is 0 Å². The average Bonchev–Trinajstić information content (AvgIpc) is 2.97. The van der Waals surface area contributed by atoms with E-state index in [0.717, 1.165) is 12.1 Å². The van der Waals surface area contributed by atoms with E-state index in [1.54, 1.807) is 0 Å². The van der Waals surface area contributed by atoms with Crippen molar-refractivity contribution in [2.24, 2.45) is 0 Å². The van der Waals surface area contributed by atoms with E-state index in [4.69, 9.17) is 0 Å². The Kier molecular flexibility index (Phi) is 3.15. The van der Waals surface area contributed by atoms with E-state index in [1.165, 1.54) is 28.0 Å². The van der Waals surface area contributed by atoms with Crippen molar-refractivity contribution in [1.82, 2.24) is 10.2 Å². The van der Waals surface area contributed by atoms with Crippen LogP contribution in [0.15, 0.2) is 60.7 Å². The molecular weight excluding hydrogens is 268 g/mol. The molecule has 0 spiro atoms. The monoisotopic (exact) mass is 286 g/mol. The zero-order valence-corrected chi connectivity index (χ0v) is 12.6. The fourth-order valence-electron chi connectivity index (χ4n) is 3.38. The number of hydrogen-bond acceptors (Lipinski definition) is 1. The topological polar surface area (TPSA) is 28.7 Å². The number of H-pyrrole nitrogens is 1. The van der Waals surface area contributed by atoms with Gasteiger partial charge in [-0.05, 0) is 36.1 Å². The SMILES string of the molecule is Cc1[nH]nc2c1C(c1ccccc1)CC(c1ccccc1)=C2. The molecule has 1 aromatic heterocycles. The number of hydrogen-bond donors (Lipinski definition) is 1. The molecule has 3 aromatic rings. The minimum atomic E-state index is 0.371. The lowest BCUT2D eigenvalue weighted by molar-refractivity contribution is 0.824. The summed E-state index contributed by atoms with van der Waals surface area (Å²) in [7, 11) is 0. The lowest BCUT2D eigenvalue weighted by atomic mass is 9.79. The molecule has 2 heteroatoms. The van der Waals surface area contributed by atoms with Crippen LogP contribution >= 0.6 is 0 Å². The molecule has 2 aromatic carbocycles. The van der Waals surface area contributed by atoms with Crippen LogP contribution in [0.25, 0.3) is 11.6 Å². The van der Waals surface area contributed by atoms with Gasteiger partial charge in [-0.1, -0.05) is 60.7 Å². The highest BCUT2D eigenvalue weighted by atomic mass is 15.1. The third-order valence-electron chi connectivity index (χ3n) is 4.45. The van der Waals surface area contributed by atoms with Gasteiger partial charge in [-0.15, -0.1) is 0 Å². The molecule has 1 aliphatic carbocycles. The second kappa shape index (κ2) is 5.30. The Morgan fingerprint density at radius 2 is 1.64 bits per heavy atom. The second-order valence-electron chi connectivity index (χ2n) is 5.85. The molecule has 1 unspecified atom stereocenters. The number of benzene rings is 2. The molecule has 0 saturated carbocycles. The Hall–Kier alpha value is -2.61. The van der Waals surface area contributed by atoms with Gasteiger partial charge in [-0.3, -0.25) is 5.10 Å². The molecule has 0 fully saturated rings. The van der Waals surface area contributed by atoms with Crippen molar-refractivity contribution in [1.29, 1.82) is 0 Å². The van der Waals surface area contributed by atoms with E-state index in [-0.39, 0.29) is 0 Å². The van der Waals surface area contributed by atoms with Gasteiger partial charge in [0.2, 0.25) is 0 Å². The first-order valence-electron chi connectivity index (χ1n) is 7.69. The molecular formula is C20H18N2. The molecule has 0 bridgehead atoms. The number of aromatic nitrogens is 2. The largest absolute Gasteiger partial charge is 0.282 e. The van der Waals surface area contributed by atoms with Gasteiger partial charge in [0.25, 0.3) is 0 Å². The maximum absolute atomic E-state index is 4.51. The lowest BCUT2D eigenvalue weighted by Gasteiger charge is -2.24. The molecule has 0 amide bonds. The zero-order valence-electron chi connectivity index (χ0n) is 12.6. The van der Waals surface area contributed by atoms with Crippen molar-refractivity contribution in [3.8, 4) is 0 Å². The highest BCUT2D eigenvalue weighted by molar-refractivity contribution is 5.84. The summed E-state index contributed by atoms with van der Waals surface area (Å²) in [6, 6.07) is 21.4. The highest BCUT2D eigenvalue weighted by Crippen LogP contribution is 2.42. The van der Waals surface area contributed by atoms with Gasteiger partial charge in [-0.2, -0.15) is 5.10 Å². The molecule has 0 saturated heterocycles. The quantitative estimate of drug-likeness (QED) is 0.720. The van der Waals surface area contributed by atoms with Crippen LogP contribution < -0.4 is 0 Å². The number of fused-ring (bicyclic) bond motifs is 1. The molecule has 0 radical (unpaired) electrons. The summed E-state index contributed by atoms with van der Waals surface area (Å²) < 4.78 is 0. The van der Waals surface area contributed by atoms with Gasteiger partial charge < -0.3 is 0 Å². The van der Waals surface area contributed by atoms with Crippen molar-refractivity contribution >= 4 is 11.6 Å². The molecule has 1 atom stereocenters. The number of aryl methyl sites for hydroxylation is 1. The molecule has 0 aliphatic heterocycles. The standard InChI is InChI=1S/C20H18N2/c1-14-20-18(16-10-6-3-7-11-16)12-17(13-19(20)22-21-14)15-8-4-2-5-9-15/h2-11,13,18H,12H2,1H3,(H,21,22). The molecule has 108 valence electrons. The van der Waals surface area contributed by atoms with Crippen LogP contribution in [0.1, 0.15) is 40.4 Å². The molecule has 22 heavy (non-hydrogen) atoms. The molecule has 4 rings (SSSR count). The van der Waals surface area contributed by atoms with Gasteiger partial charge in [0, 0.05) is 17.2 Å². The van der Waals surface area contributed by atoms with Gasteiger partial charge in [-0.25, -0.2) is 0 Å². The van der Waals surface area contributed by atoms with Crippen molar-refractivity contribution in [2.75, 3.05) is 0 Å². The second-order valence-corrected chi connectivity index (χ2v) is 5.85. The maximum atomic E-state index is 4.51. The average molecular weight is 286 g/mol. The van der Waals surface area contributed by atoms with Crippen LogP contribution in [-0.4, -0.2) is 10.2 Å². The predicted molar refractivity (Wildman–Crippen MR) is 90.5 cm³/mol. The van der Waals surface area contributed by atoms with Gasteiger partial charge in [0.15, 0.2) is 0 Å². The first-order valence-corrected chi connectivity index (χ1v) is 7.69. The fraction of sp³-hybridized carbons (Fsp3) is 0.150. The first kappa shape index (κ1) is 13.1. The van der Waals surface area contributed by atoms with E-state index in [2.05, 4.69) is 83.9 Å². The normalized spacial score (nSPS) is 17.0. The molecule has 2 nitrogen and oxygen atoms in total. The molecule has 1 aliphatic rings. The summed E-state index contributed by atoms with van der Waals surface area (Å²) in [5, 5.41) is 7.66. The summed E-state index contributed by atoms with van der Waals surface area (Å²) >= 11 is 0. The van der Waals surface area contributed by atoms with E-state index in [0.29, 0.717) is 5.92 Å². The lowest BCUT2D eigenvalue weighted by Crippen LogP contribution is -2.08. The summed E-state index contributed by atoms with van der Waals surface area (Å²) in [5.74, 6) is 0.371. The van der Waals surface area contributed by atoms with E-state index in [9.17, 15) is 0 Å². The summed E-state index contributed by atoms with van der Waals surface area (Å²) in [5.41, 5.74) is 7.59. The first-order chi connectivity index (χ1) is 10.8. The van der Waals surface area contributed by atoms with Crippen LogP contribution in [0.5, 0.6) is 0 Å². The van der Waals surface area contributed by atoms with Gasteiger partial charge >= 0.3 is 0 Å². The van der Waals surface area contributed by atoms with E-state index in [1.807, 2.05) is 0 Å². The maximum Gasteiger partial charge on any atom is 0.0892 e. The van der Waals surface area contributed by atoms with Crippen LogP contribution in [0.2, 0.25) is 0 Å².